The number of nitrogens with zero attached hydrogens (tertiary/aromatic N) is 2. The van der Waals surface area contributed by atoms with Crippen molar-refractivity contribution in [1.82, 2.24) is 9.97 Å². The van der Waals surface area contributed by atoms with E-state index in [4.69, 9.17) is 16.6 Å². The quantitative estimate of drug-likeness (QED) is 0.474. The summed E-state index contributed by atoms with van der Waals surface area (Å²) in [6, 6.07) is 16.0. The number of fused-ring (bicyclic) bond motifs is 1. The molecule has 0 atom stereocenters. The predicted molar refractivity (Wildman–Crippen MR) is 93.3 cm³/mol. The molecule has 0 aliphatic rings. The van der Waals surface area contributed by atoms with E-state index in [1.54, 1.807) is 11.3 Å². The van der Waals surface area contributed by atoms with Gasteiger partial charge in [0.1, 0.15) is 5.01 Å². The van der Waals surface area contributed by atoms with Crippen LogP contribution in [0.4, 0.5) is 0 Å². The molecule has 0 N–H and O–H groups in total. The summed E-state index contributed by atoms with van der Waals surface area (Å²) in [5.41, 5.74) is 2.92. The molecule has 2 aromatic carbocycles. The van der Waals surface area contributed by atoms with Gasteiger partial charge in [0.05, 0.1) is 5.69 Å². The highest BCUT2D eigenvalue weighted by Crippen LogP contribution is 2.34. The zero-order valence-electron chi connectivity index (χ0n) is 11.5. The molecule has 2 aromatic heterocycles. The molecule has 2 heterocycles. The van der Waals surface area contributed by atoms with E-state index in [0.29, 0.717) is 0 Å². The zero-order valence-corrected chi connectivity index (χ0v) is 13.1. The van der Waals surface area contributed by atoms with Crippen LogP contribution in [0.5, 0.6) is 0 Å². The van der Waals surface area contributed by atoms with Crippen LogP contribution in [0.2, 0.25) is 5.02 Å². The SMILES string of the molecule is Clc1ccccc1-c1csc(-c2cncc3ccccc23)n1. The molecular formula is C18H11ClN2S. The fourth-order valence-corrected chi connectivity index (χ4v) is 3.55. The molecular weight excluding hydrogens is 312 g/mol. The van der Waals surface area contributed by atoms with E-state index >= 15 is 0 Å². The van der Waals surface area contributed by atoms with Crippen LogP contribution in [0.25, 0.3) is 32.6 Å². The van der Waals surface area contributed by atoms with E-state index in [2.05, 4.69) is 17.1 Å². The van der Waals surface area contributed by atoms with Crippen LogP contribution < -0.4 is 0 Å². The minimum atomic E-state index is 0.718. The maximum absolute atomic E-state index is 6.26. The van der Waals surface area contributed by atoms with Gasteiger partial charge in [-0.15, -0.1) is 11.3 Å². The van der Waals surface area contributed by atoms with Gasteiger partial charge in [0.15, 0.2) is 0 Å². The van der Waals surface area contributed by atoms with Crippen molar-refractivity contribution in [2.45, 2.75) is 0 Å². The van der Waals surface area contributed by atoms with Gasteiger partial charge in [0.2, 0.25) is 0 Å². The summed E-state index contributed by atoms with van der Waals surface area (Å²) in [6.45, 7) is 0. The van der Waals surface area contributed by atoms with Crippen molar-refractivity contribution in [3.63, 3.8) is 0 Å². The second kappa shape index (κ2) is 5.52. The number of halogens is 1. The van der Waals surface area contributed by atoms with E-state index < -0.39 is 0 Å². The first-order valence-corrected chi connectivity index (χ1v) is 8.12. The third kappa shape index (κ3) is 2.28. The van der Waals surface area contributed by atoms with E-state index in [0.717, 1.165) is 37.6 Å². The molecule has 22 heavy (non-hydrogen) atoms. The molecule has 4 rings (SSSR count). The van der Waals surface area contributed by atoms with Crippen LogP contribution in [0.15, 0.2) is 66.3 Å². The molecule has 0 bridgehead atoms. The fraction of sp³-hybridized carbons (Fsp3) is 0. The van der Waals surface area contributed by atoms with Crippen molar-refractivity contribution in [2.24, 2.45) is 0 Å². The van der Waals surface area contributed by atoms with E-state index in [1.807, 2.05) is 54.2 Å². The topological polar surface area (TPSA) is 25.8 Å². The second-order valence-corrected chi connectivity index (χ2v) is 6.19. The Morgan fingerprint density at radius 3 is 2.59 bits per heavy atom. The number of rotatable bonds is 2. The minimum Gasteiger partial charge on any atom is -0.263 e. The largest absolute Gasteiger partial charge is 0.263 e. The average molecular weight is 323 g/mol. The molecule has 4 heteroatoms. The molecule has 0 saturated heterocycles. The lowest BCUT2D eigenvalue weighted by molar-refractivity contribution is 1.34. The van der Waals surface area contributed by atoms with Crippen molar-refractivity contribution in [3.05, 3.63) is 71.3 Å². The van der Waals surface area contributed by atoms with E-state index in [1.165, 1.54) is 0 Å². The lowest BCUT2D eigenvalue weighted by Crippen LogP contribution is -1.84. The Kier molecular flexibility index (Phi) is 3.37. The Labute approximate surface area is 137 Å². The monoisotopic (exact) mass is 322 g/mol. The highest BCUT2D eigenvalue weighted by atomic mass is 35.5. The van der Waals surface area contributed by atoms with Crippen LogP contribution in [0.1, 0.15) is 0 Å². The van der Waals surface area contributed by atoms with Crippen LogP contribution in [-0.2, 0) is 0 Å². The molecule has 0 saturated carbocycles. The van der Waals surface area contributed by atoms with Gasteiger partial charge in [-0.1, -0.05) is 54.1 Å². The maximum Gasteiger partial charge on any atom is 0.126 e. The van der Waals surface area contributed by atoms with Crippen molar-refractivity contribution in [3.8, 4) is 21.8 Å². The number of aromatic nitrogens is 2. The average Bonchev–Trinajstić information content (AvgIpc) is 3.04. The molecule has 0 spiro atoms. The smallest absolute Gasteiger partial charge is 0.126 e. The van der Waals surface area contributed by atoms with Crippen LogP contribution in [0, 0.1) is 0 Å². The standard InChI is InChI=1S/C18H11ClN2S/c19-16-8-4-3-7-14(16)17-11-22-18(21-17)15-10-20-9-12-5-1-2-6-13(12)15/h1-11H. The summed E-state index contributed by atoms with van der Waals surface area (Å²) < 4.78 is 0. The Balaban J connectivity index is 1.86. The van der Waals surface area contributed by atoms with Gasteiger partial charge >= 0.3 is 0 Å². The van der Waals surface area contributed by atoms with E-state index in [-0.39, 0.29) is 0 Å². The van der Waals surface area contributed by atoms with Crippen LogP contribution in [0.3, 0.4) is 0 Å². The molecule has 0 aliphatic heterocycles. The number of thiazole rings is 1. The number of hydrogen-bond acceptors (Lipinski definition) is 3. The Morgan fingerprint density at radius 1 is 0.864 bits per heavy atom. The summed E-state index contributed by atoms with van der Waals surface area (Å²) >= 11 is 7.87. The van der Waals surface area contributed by atoms with Gasteiger partial charge in [-0.3, -0.25) is 4.98 Å². The van der Waals surface area contributed by atoms with Crippen molar-refractivity contribution < 1.29 is 0 Å². The second-order valence-electron chi connectivity index (χ2n) is 4.93. The molecule has 4 aromatic rings. The van der Waals surface area contributed by atoms with Crippen molar-refractivity contribution in [1.29, 1.82) is 0 Å². The molecule has 106 valence electrons. The number of pyridine rings is 1. The summed E-state index contributed by atoms with van der Waals surface area (Å²) in [6.07, 6.45) is 3.75. The van der Waals surface area contributed by atoms with Gasteiger partial charge in [-0.25, -0.2) is 4.98 Å². The molecule has 0 amide bonds. The molecule has 0 fully saturated rings. The fourth-order valence-electron chi connectivity index (χ4n) is 2.48. The normalized spacial score (nSPS) is 11.0. The Bertz CT molecular complexity index is 957. The first kappa shape index (κ1) is 13.4. The third-order valence-electron chi connectivity index (χ3n) is 3.55. The first-order valence-electron chi connectivity index (χ1n) is 6.86. The van der Waals surface area contributed by atoms with Crippen LogP contribution >= 0.6 is 22.9 Å². The lowest BCUT2D eigenvalue weighted by atomic mass is 10.1. The summed E-state index contributed by atoms with van der Waals surface area (Å²) in [4.78, 5) is 9.09. The maximum atomic E-state index is 6.26. The van der Waals surface area contributed by atoms with Crippen molar-refractivity contribution in [2.75, 3.05) is 0 Å². The third-order valence-corrected chi connectivity index (χ3v) is 4.76. The van der Waals surface area contributed by atoms with Gasteiger partial charge in [0.25, 0.3) is 0 Å². The molecule has 0 aliphatic carbocycles. The van der Waals surface area contributed by atoms with Gasteiger partial charge in [-0.2, -0.15) is 0 Å². The van der Waals surface area contributed by atoms with Gasteiger partial charge in [-0.05, 0) is 11.5 Å². The van der Waals surface area contributed by atoms with Gasteiger partial charge < -0.3 is 0 Å². The molecule has 0 radical (unpaired) electrons. The Morgan fingerprint density at radius 2 is 1.68 bits per heavy atom. The molecule has 2 nitrogen and oxygen atoms in total. The summed E-state index contributed by atoms with van der Waals surface area (Å²) in [7, 11) is 0. The highest BCUT2D eigenvalue weighted by Gasteiger charge is 2.11. The first-order chi connectivity index (χ1) is 10.8. The number of hydrogen-bond donors (Lipinski definition) is 0. The highest BCUT2D eigenvalue weighted by molar-refractivity contribution is 7.13. The Hall–Kier alpha value is -2.23. The summed E-state index contributed by atoms with van der Waals surface area (Å²) in [5, 5.41) is 6.00. The minimum absolute atomic E-state index is 0.718. The lowest BCUT2D eigenvalue weighted by Gasteiger charge is -2.02. The van der Waals surface area contributed by atoms with Crippen LogP contribution in [-0.4, -0.2) is 9.97 Å². The van der Waals surface area contributed by atoms with E-state index in [9.17, 15) is 0 Å². The molecule has 0 unspecified atom stereocenters. The van der Waals surface area contributed by atoms with Gasteiger partial charge in [0, 0.05) is 39.3 Å². The zero-order chi connectivity index (χ0) is 14.9. The predicted octanol–water partition coefficient (Wildman–Crippen LogP) is 5.68. The number of benzene rings is 2. The van der Waals surface area contributed by atoms with Crippen molar-refractivity contribution >= 4 is 33.7 Å². The summed E-state index contributed by atoms with van der Waals surface area (Å²) in [5.74, 6) is 0.